The van der Waals surface area contributed by atoms with Crippen molar-refractivity contribution < 1.29 is 8.42 Å². The van der Waals surface area contributed by atoms with Crippen molar-refractivity contribution in [3.8, 4) is 0 Å². The van der Waals surface area contributed by atoms with E-state index in [1.165, 1.54) is 17.4 Å². The third-order valence-electron chi connectivity index (χ3n) is 3.56. The van der Waals surface area contributed by atoms with Crippen molar-refractivity contribution in [1.29, 1.82) is 0 Å². The lowest BCUT2D eigenvalue weighted by molar-refractivity contribution is 0.602. The van der Waals surface area contributed by atoms with Gasteiger partial charge >= 0.3 is 0 Å². The summed E-state index contributed by atoms with van der Waals surface area (Å²) in [6, 6.07) is 12.6. The summed E-state index contributed by atoms with van der Waals surface area (Å²) in [7, 11) is -3.16. The van der Waals surface area contributed by atoms with Crippen molar-refractivity contribution in [2.24, 2.45) is 5.73 Å². The van der Waals surface area contributed by atoms with Gasteiger partial charge < -0.3 is 5.73 Å². The van der Waals surface area contributed by atoms with Crippen molar-refractivity contribution in [1.82, 2.24) is 0 Å². The van der Waals surface area contributed by atoms with Crippen molar-refractivity contribution in [2.75, 3.05) is 6.26 Å². The molecule has 2 N–H and O–H groups in total. The third-order valence-corrected chi connectivity index (χ3v) is 4.69. The van der Waals surface area contributed by atoms with Gasteiger partial charge in [-0.1, -0.05) is 30.3 Å². The van der Waals surface area contributed by atoms with Gasteiger partial charge in [-0.15, -0.1) is 0 Å². The molecule has 0 spiro atoms. The summed E-state index contributed by atoms with van der Waals surface area (Å²) >= 11 is 0. The van der Waals surface area contributed by atoms with E-state index in [-0.39, 0.29) is 6.04 Å². The molecule has 0 heterocycles. The van der Waals surface area contributed by atoms with Crippen molar-refractivity contribution in [2.45, 2.75) is 24.8 Å². The van der Waals surface area contributed by atoms with Crippen LogP contribution in [0.2, 0.25) is 0 Å². The van der Waals surface area contributed by atoms with E-state index >= 15 is 0 Å². The fraction of sp³-hybridized carbons (Fsp3) is 0.250. The molecular weight excluding hydrogens is 270 g/mol. The van der Waals surface area contributed by atoms with Crippen molar-refractivity contribution >= 4 is 9.84 Å². The Labute approximate surface area is 120 Å². The third kappa shape index (κ3) is 3.08. The second-order valence-corrected chi connectivity index (χ2v) is 7.18. The highest BCUT2D eigenvalue weighted by Crippen LogP contribution is 2.23. The predicted octanol–water partition coefficient (Wildman–Crippen LogP) is 2.76. The summed E-state index contributed by atoms with van der Waals surface area (Å²) in [6.45, 7) is 4.11. The zero-order valence-electron chi connectivity index (χ0n) is 11.9. The van der Waals surface area contributed by atoms with Gasteiger partial charge in [-0.2, -0.15) is 0 Å². The first-order valence-electron chi connectivity index (χ1n) is 6.42. The number of benzene rings is 2. The molecule has 1 unspecified atom stereocenters. The highest BCUT2D eigenvalue weighted by atomic mass is 32.2. The van der Waals surface area contributed by atoms with Crippen LogP contribution in [0.3, 0.4) is 0 Å². The van der Waals surface area contributed by atoms with Crippen LogP contribution in [0, 0.1) is 13.8 Å². The fourth-order valence-corrected chi connectivity index (χ4v) is 2.70. The Morgan fingerprint density at radius 3 is 1.95 bits per heavy atom. The van der Waals surface area contributed by atoms with E-state index in [2.05, 4.69) is 26.0 Å². The molecule has 0 saturated carbocycles. The molecule has 0 bridgehead atoms. The molecule has 0 radical (unpaired) electrons. The first-order chi connectivity index (χ1) is 9.29. The van der Waals surface area contributed by atoms with Crippen LogP contribution in [-0.2, 0) is 9.84 Å². The summed E-state index contributed by atoms with van der Waals surface area (Å²) in [5, 5.41) is 0. The van der Waals surface area contributed by atoms with Gasteiger partial charge in [-0.3, -0.25) is 0 Å². The molecule has 2 rings (SSSR count). The van der Waals surface area contributed by atoms with Crippen LogP contribution in [-0.4, -0.2) is 14.7 Å². The van der Waals surface area contributed by atoms with Gasteiger partial charge in [-0.05, 0) is 48.2 Å². The second kappa shape index (κ2) is 5.38. The number of hydrogen-bond acceptors (Lipinski definition) is 3. The van der Waals surface area contributed by atoms with E-state index in [1.54, 1.807) is 24.3 Å². The molecule has 0 aromatic heterocycles. The summed E-state index contributed by atoms with van der Waals surface area (Å²) < 4.78 is 22.9. The Hall–Kier alpha value is -1.65. The lowest BCUT2D eigenvalue weighted by Gasteiger charge is -2.14. The van der Waals surface area contributed by atoms with Crippen LogP contribution in [0.5, 0.6) is 0 Å². The van der Waals surface area contributed by atoms with Gasteiger partial charge in [0.25, 0.3) is 0 Å². The lowest BCUT2D eigenvalue weighted by Crippen LogP contribution is -2.12. The fourth-order valence-electron chi connectivity index (χ4n) is 2.07. The Bertz CT molecular complexity index is 719. The van der Waals surface area contributed by atoms with Crippen LogP contribution in [0.25, 0.3) is 0 Å². The number of nitrogens with two attached hydrogens (primary N) is 1. The zero-order valence-corrected chi connectivity index (χ0v) is 12.7. The molecule has 20 heavy (non-hydrogen) atoms. The van der Waals surface area contributed by atoms with Crippen molar-refractivity contribution in [3.05, 3.63) is 64.7 Å². The quantitative estimate of drug-likeness (QED) is 0.945. The molecule has 0 aliphatic carbocycles. The maximum Gasteiger partial charge on any atom is 0.175 e. The molecule has 1 atom stereocenters. The van der Waals surface area contributed by atoms with Gasteiger partial charge in [-0.25, -0.2) is 8.42 Å². The number of aryl methyl sites for hydroxylation is 2. The van der Waals surface area contributed by atoms with Crippen LogP contribution in [0.15, 0.2) is 47.4 Å². The molecule has 0 aliphatic heterocycles. The van der Waals surface area contributed by atoms with E-state index in [1.807, 2.05) is 6.07 Å². The summed E-state index contributed by atoms with van der Waals surface area (Å²) in [6.07, 6.45) is 1.20. The van der Waals surface area contributed by atoms with E-state index in [0.29, 0.717) is 4.90 Å². The Morgan fingerprint density at radius 1 is 0.900 bits per heavy atom. The molecule has 0 fully saturated rings. The SMILES string of the molecule is Cc1ccc(C(N)c2ccc(S(C)(=O)=O)cc2)cc1C. The highest BCUT2D eigenvalue weighted by molar-refractivity contribution is 7.90. The molecular formula is C16H19NO2S. The predicted molar refractivity (Wildman–Crippen MR) is 81.5 cm³/mol. The molecule has 3 nitrogen and oxygen atoms in total. The first-order valence-corrected chi connectivity index (χ1v) is 8.31. The normalized spacial score (nSPS) is 13.2. The smallest absolute Gasteiger partial charge is 0.175 e. The average Bonchev–Trinajstić information content (AvgIpc) is 2.40. The molecule has 0 aliphatic rings. The van der Waals surface area contributed by atoms with Gasteiger partial charge in [0, 0.05) is 6.26 Å². The zero-order chi connectivity index (χ0) is 14.9. The van der Waals surface area contributed by atoms with E-state index < -0.39 is 9.84 Å². The van der Waals surface area contributed by atoms with E-state index in [4.69, 9.17) is 5.73 Å². The minimum absolute atomic E-state index is 0.247. The molecule has 0 amide bonds. The van der Waals surface area contributed by atoms with Gasteiger partial charge in [0.15, 0.2) is 9.84 Å². The number of rotatable bonds is 3. The maximum atomic E-state index is 11.4. The molecule has 0 saturated heterocycles. The minimum Gasteiger partial charge on any atom is -0.320 e. The number of sulfone groups is 1. The standard InChI is InChI=1S/C16H19NO2S/c1-11-4-5-14(10-12(11)2)16(17)13-6-8-15(9-7-13)20(3,18)19/h4-10,16H,17H2,1-3H3. The van der Waals surface area contributed by atoms with Crippen LogP contribution >= 0.6 is 0 Å². The number of hydrogen-bond donors (Lipinski definition) is 1. The molecule has 106 valence electrons. The van der Waals surface area contributed by atoms with Gasteiger partial charge in [0.2, 0.25) is 0 Å². The van der Waals surface area contributed by atoms with Crippen molar-refractivity contribution in [3.63, 3.8) is 0 Å². The first kappa shape index (κ1) is 14.8. The Morgan fingerprint density at radius 2 is 1.45 bits per heavy atom. The van der Waals surface area contributed by atoms with Crippen LogP contribution < -0.4 is 5.73 Å². The second-order valence-electron chi connectivity index (χ2n) is 5.16. The summed E-state index contributed by atoms with van der Waals surface area (Å²) in [4.78, 5) is 0.313. The van der Waals surface area contributed by atoms with Gasteiger partial charge in [0.05, 0.1) is 10.9 Å². The van der Waals surface area contributed by atoms with Gasteiger partial charge in [0.1, 0.15) is 0 Å². The molecule has 4 heteroatoms. The Kier molecular flexibility index (Phi) is 3.97. The minimum atomic E-state index is -3.16. The molecule has 2 aromatic carbocycles. The van der Waals surface area contributed by atoms with E-state index in [0.717, 1.165) is 11.1 Å². The largest absolute Gasteiger partial charge is 0.320 e. The summed E-state index contributed by atoms with van der Waals surface area (Å²) in [5.41, 5.74) is 10.6. The topological polar surface area (TPSA) is 60.2 Å². The monoisotopic (exact) mass is 289 g/mol. The average molecular weight is 289 g/mol. The van der Waals surface area contributed by atoms with E-state index in [9.17, 15) is 8.42 Å². The molecule has 2 aromatic rings. The lowest BCUT2D eigenvalue weighted by atomic mass is 9.96. The maximum absolute atomic E-state index is 11.4. The summed E-state index contributed by atoms with van der Waals surface area (Å²) in [5.74, 6) is 0. The van der Waals surface area contributed by atoms with Crippen LogP contribution in [0.1, 0.15) is 28.3 Å². The highest BCUT2D eigenvalue weighted by Gasteiger charge is 2.12. The Balaban J connectivity index is 2.33. The van der Waals surface area contributed by atoms with Crippen LogP contribution in [0.4, 0.5) is 0 Å².